The van der Waals surface area contributed by atoms with Crippen LogP contribution in [0.4, 0.5) is 18.9 Å². The van der Waals surface area contributed by atoms with Crippen molar-refractivity contribution in [3.8, 4) is 0 Å². The third-order valence-corrected chi connectivity index (χ3v) is 5.00. The molecule has 180 valence electrons. The van der Waals surface area contributed by atoms with Crippen molar-refractivity contribution in [2.75, 3.05) is 25.0 Å². The molecule has 0 aliphatic rings. The molecule has 6 nitrogen and oxygen atoms in total. The van der Waals surface area contributed by atoms with Gasteiger partial charge in [0.25, 0.3) is 0 Å². The fourth-order valence-electron chi connectivity index (χ4n) is 3.26. The summed E-state index contributed by atoms with van der Waals surface area (Å²) in [5.74, 6) is -0.825. The Hall–Kier alpha value is -2.91. The van der Waals surface area contributed by atoms with Gasteiger partial charge in [0.2, 0.25) is 11.8 Å². The maximum absolute atomic E-state index is 13.0. The number of alkyl halides is 3. The number of aryl methyl sites for hydroxylation is 1. The van der Waals surface area contributed by atoms with Crippen molar-refractivity contribution in [2.45, 2.75) is 44.3 Å². The summed E-state index contributed by atoms with van der Waals surface area (Å²) in [6, 6.07) is 13.0. The minimum Gasteiger partial charge on any atom is -0.344 e. The van der Waals surface area contributed by atoms with Crippen molar-refractivity contribution in [1.29, 1.82) is 0 Å². The van der Waals surface area contributed by atoms with E-state index in [0.29, 0.717) is 32.4 Å². The van der Waals surface area contributed by atoms with Crippen LogP contribution >= 0.6 is 0 Å². The van der Waals surface area contributed by atoms with E-state index in [1.807, 2.05) is 30.3 Å². The lowest BCUT2D eigenvalue weighted by atomic mass is 10.0. The van der Waals surface area contributed by atoms with E-state index in [4.69, 9.17) is 5.73 Å². The molecule has 2 amide bonds. The van der Waals surface area contributed by atoms with Crippen LogP contribution in [0.25, 0.3) is 0 Å². The largest absolute Gasteiger partial charge is 0.416 e. The molecule has 0 radical (unpaired) electrons. The van der Waals surface area contributed by atoms with Crippen LogP contribution in [-0.4, -0.2) is 37.5 Å². The van der Waals surface area contributed by atoms with Crippen LogP contribution in [0.2, 0.25) is 0 Å². The first-order valence-electron chi connectivity index (χ1n) is 11.0. The van der Waals surface area contributed by atoms with Crippen LogP contribution in [0.5, 0.6) is 0 Å². The van der Waals surface area contributed by atoms with Gasteiger partial charge in [0.15, 0.2) is 0 Å². The highest BCUT2D eigenvalue weighted by Gasteiger charge is 2.30. The van der Waals surface area contributed by atoms with Crippen molar-refractivity contribution in [2.24, 2.45) is 5.73 Å². The number of benzene rings is 2. The molecule has 0 saturated carbocycles. The van der Waals surface area contributed by atoms with Crippen LogP contribution in [0.15, 0.2) is 54.6 Å². The third kappa shape index (κ3) is 10.0. The molecule has 33 heavy (non-hydrogen) atoms. The van der Waals surface area contributed by atoms with E-state index in [1.54, 1.807) is 0 Å². The number of anilines is 1. The first kappa shape index (κ1) is 26.3. The summed E-state index contributed by atoms with van der Waals surface area (Å²) in [6.07, 6.45) is -1.98. The molecule has 1 unspecified atom stereocenters. The molecule has 0 aliphatic carbocycles. The topological polar surface area (TPSA) is 96.2 Å². The second-order valence-corrected chi connectivity index (χ2v) is 7.71. The highest BCUT2D eigenvalue weighted by molar-refractivity contribution is 5.97. The molecule has 0 bridgehead atoms. The van der Waals surface area contributed by atoms with E-state index in [0.717, 1.165) is 30.7 Å². The van der Waals surface area contributed by atoms with Gasteiger partial charge in [-0.1, -0.05) is 36.4 Å². The summed E-state index contributed by atoms with van der Waals surface area (Å²) >= 11 is 0. The van der Waals surface area contributed by atoms with Crippen molar-refractivity contribution < 1.29 is 22.8 Å². The highest BCUT2D eigenvalue weighted by atomic mass is 19.4. The van der Waals surface area contributed by atoms with Crippen molar-refractivity contribution in [3.63, 3.8) is 0 Å². The van der Waals surface area contributed by atoms with Gasteiger partial charge in [-0.3, -0.25) is 9.59 Å². The number of hydrogen-bond acceptors (Lipinski definition) is 4. The quantitative estimate of drug-likeness (QED) is 0.341. The van der Waals surface area contributed by atoms with Gasteiger partial charge in [-0.05, 0) is 56.0 Å². The summed E-state index contributed by atoms with van der Waals surface area (Å²) in [4.78, 5) is 25.3. The first-order valence-corrected chi connectivity index (χ1v) is 11.0. The summed E-state index contributed by atoms with van der Waals surface area (Å²) < 4.78 is 38.9. The monoisotopic (exact) mass is 464 g/mol. The Morgan fingerprint density at radius 2 is 1.73 bits per heavy atom. The number of nitrogens with two attached hydrogens (primary N) is 1. The van der Waals surface area contributed by atoms with Crippen LogP contribution in [0.3, 0.4) is 0 Å². The predicted octanol–water partition coefficient (Wildman–Crippen LogP) is 3.48. The Morgan fingerprint density at radius 1 is 0.970 bits per heavy atom. The number of carbonyl (C=O) groups is 2. The second-order valence-electron chi connectivity index (χ2n) is 7.71. The van der Waals surface area contributed by atoms with E-state index in [9.17, 15) is 22.8 Å². The Kier molecular flexibility index (Phi) is 10.9. The number of hydrogen-bond donors (Lipinski definition) is 4. The molecule has 0 aromatic heterocycles. The molecule has 2 rings (SSSR count). The number of amides is 2. The molecular formula is C24H31F3N4O2. The molecule has 0 fully saturated rings. The Balaban J connectivity index is 1.99. The Bertz CT molecular complexity index is 876. The van der Waals surface area contributed by atoms with Crippen molar-refractivity contribution in [1.82, 2.24) is 10.6 Å². The lowest BCUT2D eigenvalue weighted by Crippen LogP contribution is -2.44. The van der Waals surface area contributed by atoms with Gasteiger partial charge in [-0.25, -0.2) is 0 Å². The van der Waals surface area contributed by atoms with E-state index in [2.05, 4.69) is 16.0 Å². The number of halogens is 3. The summed E-state index contributed by atoms with van der Waals surface area (Å²) in [7, 11) is 0. The third-order valence-electron chi connectivity index (χ3n) is 5.00. The standard InChI is InChI=1S/C24H31F3N4O2/c25-24(26,27)19-9-6-10-20(17-19)30-23(33)21(13-12-18-7-2-1-3-8-18)31-22(32)11-4-5-15-29-16-14-28/h1-3,6-10,17,21,29H,4-5,11-16,28H2,(H,30,33)(H,31,32). The average molecular weight is 465 g/mol. The molecule has 1 atom stereocenters. The van der Waals surface area contributed by atoms with Gasteiger partial charge in [0.05, 0.1) is 5.56 Å². The number of rotatable bonds is 13. The SMILES string of the molecule is NCCNCCCCC(=O)NC(CCc1ccccc1)C(=O)Nc1cccc(C(F)(F)F)c1. The van der Waals surface area contributed by atoms with E-state index < -0.39 is 23.7 Å². The summed E-state index contributed by atoms with van der Waals surface area (Å²) in [5.41, 5.74) is 5.58. The normalized spacial score (nSPS) is 12.2. The molecule has 2 aromatic carbocycles. The number of nitrogens with one attached hydrogen (secondary N) is 3. The van der Waals surface area contributed by atoms with E-state index in [-0.39, 0.29) is 18.0 Å². The first-order chi connectivity index (χ1) is 15.8. The lowest BCUT2D eigenvalue weighted by molar-refractivity contribution is -0.137. The van der Waals surface area contributed by atoms with Gasteiger partial charge in [-0.15, -0.1) is 0 Å². The van der Waals surface area contributed by atoms with Gasteiger partial charge in [-0.2, -0.15) is 13.2 Å². The second kappa shape index (κ2) is 13.6. The minimum absolute atomic E-state index is 0.0276. The zero-order valence-corrected chi connectivity index (χ0v) is 18.5. The molecule has 9 heteroatoms. The van der Waals surface area contributed by atoms with Gasteiger partial charge in [0, 0.05) is 25.2 Å². The molecule has 0 aliphatic heterocycles. The van der Waals surface area contributed by atoms with Crippen molar-refractivity contribution >= 4 is 17.5 Å². The predicted molar refractivity (Wildman–Crippen MR) is 123 cm³/mol. The molecule has 0 saturated heterocycles. The number of unbranched alkanes of at least 4 members (excludes halogenated alkanes) is 1. The van der Waals surface area contributed by atoms with Crippen LogP contribution in [0, 0.1) is 0 Å². The minimum atomic E-state index is -4.51. The van der Waals surface area contributed by atoms with E-state index >= 15 is 0 Å². The van der Waals surface area contributed by atoms with E-state index in [1.165, 1.54) is 12.1 Å². The molecule has 0 spiro atoms. The van der Waals surface area contributed by atoms with Crippen molar-refractivity contribution in [3.05, 3.63) is 65.7 Å². The highest BCUT2D eigenvalue weighted by Crippen LogP contribution is 2.30. The lowest BCUT2D eigenvalue weighted by Gasteiger charge is -2.19. The smallest absolute Gasteiger partial charge is 0.344 e. The molecule has 0 heterocycles. The fourth-order valence-corrected chi connectivity index (χ4v) is 3.26. The molecule has 5 N–H and O–H groups in total. The summed E-state index contributed by atoms with van der Waals surface area (Å²) in [5, 5.41) is 8.40. The Labute approximate surface area is 192 Å². The maximum Gasteiger partial charge on any atom is 0.416 e. The van der Waals surface area contributed by atoms with Gasteiger partial charge >= 0.3 is 6.18 Å². The zero-order chi connectivity index (χ0) is 24.1. The average Bonchev–Trinajstić information content (AvgIpc) is 2.79. The van der Waals surface area contributed by atoms with Crippen LogP contribution in [-0.2, 0) is 22.2 Å². The number of carbonyl (C=O) groups excluding carboxylic acids is 2. The summed E-state index contributed by atoms with van der Waals surface area (Å²) in [6.45, 7) is 2.01. The zero-order valence-electron chi connectivity index (χ0n) is 18.5. The molecule has 2 aromatic rings. The van der Waals surface area contributed by atoms with Crippen LogP contribution in [0.1, 0.15) is 36.8 Å². The van der Waals surface area contributed by atoms with Gasteiger partial charge in [0.1, 0.15) is 6.04 Å². The fraction of sp³-hybridized carbons (Fsp3) is 0.417. The molecular weight excluding hydrogens is 433 g/mol. The van der Waals surface area contributed by atoms with Crippen LogP contribution < -0.4 is 21.7 Å². The van der Waals surface area contributed by atoms with Gasteiger partial charge < -0.3 is 21.7 Å². The maximum atomic E-state index is 13.0. The Morgan fingerprint density at radius 3 is 2.42 bits per heavy atom.